The quantitative estimate of drug-likeness (QED) is 0.759. The van der Waals surface area contributed by atoms with Crippen LogP contribution >= 0.6 is 7.60 Å². The van der Waals surface area contributed by atoms with Gasteiger partial charge in [0.25, 0.3) is 0 Å². The number of hydrogen-bond donors (Lipinski definition) is 2. The van der Waals surface area contributed by atoms with Gasteiger partial charge in [0.2, 0.25) is 0 Å². The summed E-state index contributed by atoms with van der Waals surface area (Å²) in [6, 6.07) is 19.6. The minimum atomic E-state index is -3.69. The molecule has 2 N–H and O–H groups in total. The van der Waals surface area contributed by atoms with E-state index in [9.17, 15) is 9.46 Å². The molecule has 2 aromatic rings. The molecular formula is C17H22NO3P. The molecule has 0 aliphatic carbocycles. The third kappa shape index (κ3) is 4.28. The van der Waals surface area contributed by atoms with Gasteiger partial charge in [-0.05, 0) is 25.0 Å². The van der Waals surface area contributed by atoms with E-state index in [1.165, 1.54) is 0 Å². The van der Waals surface area contributed by atoms with Crippen LogP contribution in [0.2, 0.25) is 0 Å². The fourth-order valence-corrected chi connectivity index (χ4v) is 3.24. The van der Waals surface area contributed by atoms with Crippen molar-refractivity contribution in [2.24, 2.45) is 0 Å². The summed E-state index contributed by atoms with van der Waals surface area (Å²) in [5.41, 5.74) is 2.08. The van der Waals surface area contributed by atoms with Gasteiger partial charge in [-0.2, -0.15) is 0 Å². The second-order valence-corrected chi connectivity index (χ2v) is 7.24. The van der Waals surface area contributed by atoms with Crippen molar-refractivity contribution in [1.82, 2.24) is 5.32 Å². The van der Waals surface area contributed by atoms with Crippen LogP contribution in [0.1, 0.15) is 31.0 Å². The Bertz CT molecular complexity index is 579. The van der Waals surface area contributed by atoms with Crippen molar-refractivity contribution in [1.29, 1.82) is 0 Å². The summed E-state index contributed by atoms with van der Waals surface area (Å²) in [5.74, 6) is -0.669. The fourth-order valence-electron chi connectivity index (χ4n) is 2.31. The van der Waals surface area contributed by atoms with Gasteiger partial charge in [-0.3, -0.25) is 9.88 Å². The topological polar surface area (TPSA) is 58.6 Å². The van der Waals surface area contributed by atoms with Gasteiger partial charge in [0, 0.05) is 0 Å². The van der Waals surface area contributed by atoms with Gasteiger partial charge in [-0.1, -0.05) is 60.7 Å². The lowest BCUT2D eigenvalue weighted by Gasteiger charge is -2.26. The van der Waals surface area contributed by atoms with Crippen LogP contribution < -0.4 is 5.32 Å². The van der Waals surface area contributed by atoms with Crippen molar-refractivity contribution in [3.8, 4) is 0 Å². The summed E-state index contributed by atoms with van der Waals surface area (Å²) in [5, 5.41) is 3.24. The highest BCUT2D eigenvalue weighted by Gasteiger charge is 2.30. The van der Waals surface area contributed by atoms with Gasteiger partial charge in [-0.25, -0.2) is 0 Å². The Balaban J connectivity index is 2.29. The molecule has 0 aliphatic rings. The predicted molar refractivity (Wildman–Crippen MR) is 88.8 cm³/mol. The lowest BCUT2D eigenvalue weighted by molar-refractivity contribution is 0.259. The Kier molecular flexibility index (Phi) is 5.92. The van der Waals surface area contributed by atoms with Crippen molar-refractivity contribution in [2.45, 2.75) is 25.7 Å². The highest BCUT2D eigenvalue weighted by Crippen LogP contribution is 2.47. The summed E-state index contributed by atoms with van der Waals surface area (Å²) in [6.07, 6.45) is 0. The van der Waals surface area contributed by atoms with Gasteiger partial charge in [-0.15, -0.1) is 0 Å². The third-order valence-electron chi connectivity index (χ3n) is 3.48. The van der Waals surface area contributed by atoms with Crippen LogP contribution in [0.3, 0.4) is 0 Å². The molecule has 118 valence electrons. The number of hydrogen-bond acceptors (Lipinski definition) is 3. The highest BCUT2D eigenvalue weighted by molar-refractivity contribution is 7.53. The molecule has 4 nitrogen and oxygen atoms in total. The molecule has 0 radical (unpaired) electrons. The second kappa shape index (κ2) is 7.70. The fraction of sp³-hybridized carbons (Fsp3) is 0.294. The summed E-state index contributed by atoms with van der Waals surface area (Å²) < 4.78 is 17.2. The molecule has 22 heavy (non-hydrogen) atoms. The van der Waals surface area contributed by atoms with E-state index in [0.29, 0.717) is 0 Å². The van der Waals surface area contributed by atoms with Crippen LogP contribution in [-0.4, -0.2) is 17.3 Å². The van der Waals surface area contributed by atoms with Crippen LogP contribution in [0, 0.1) is 0 Å². The summed E-state index contributed by atoms with van der Waals surface area (Å²) >= 11 is 0. The van der Waals surface area contributed by atoms with Gasteiger partial charge < -0.3 is 9.42 Å². The molecule has 0 aliphatic heterocycles. The molecule has 0 heterocycles. The average Bonchev–Trinajstić information content (AvgIpc) is 2.54. The van der Waals surface area contributed by atoms with Crippen LogP contribution in [0.15, 0.2) is 60.7 Å². The van der Waals surface area contributed by atoms with E-state index in [1.807, 2.05) is 60.7 Å². The Morgan fingerprint density at radius 2 is 1.50 bits per heavy atom. The normalized spacial score (nSPS) is 15.5. The first kappa shape index (κ1) is 16.9. The first-order chi connectivity index (χ1) is 10.5. The molecule has 0 fully saturated rings. The number of benzene rings is 2. The molecule has 0 saturated heterocycles. The molecule has 2 atom stereocenters. The van der Waals surface area contributed by atoms with Crippen LogP contribution in [0.5, 0.6) is 0 Å². The van der Waals surface area contributed by atoms with Crippen molar-refractivity contribution in [2.75, 3.05) is 6.61 Å². The Morgan fingerprint density at radius 1 is 1.05 bits per heavy atom. The summed E-state index contributed by atoms with van der Waals surface area (Å²) in [4.78, 5) is 10.00. The number of nitrogens with one attached hydrogen (secondary N) is 1. The molecule has 0 saturated carbocycles. The maximum Gasteiger partial charge on any atom is 0.344 e. The summed E-state index contributed by atoms with van der Waals surface area (Å²) in [6.45, 7) is 3.60. The lowest BCUT2D eigenvalue weighted by Crippen LogP contribution is -2.31. The van der Waals surface area contributed by atoms with E-state index < -0.39 is 13.4 Å². The van der Waals surface area contributed by atoms with Crippen molar-refractivity contribution < 1.29 is 14.0 Å². The third-order valence-corrected chi connectivity index (χ3v) is 5.23. The maximum absolute atomic E-state index is 12.2. The molecular weight excluding hydrogens is 297 g/mol. The molecule has 2 rings (SSSR count). The SMILES string of the molecule is CCOP(=O)(O)C(C)NC(c1ccccc1)c1ccccc1. The highest BCUT2D eigenvalue weighted by atomic mass is 31.2. The first-order valence-corrected chi connectivity index (χ1v) is 9.02. The van der Waals surface area contributed by atoms with E-state index in [1.54, 1.807) is 13.8 Å². The molecule has 0 aromatic heterocycles. The van der Waals surface area contributed by atoms with Gasteiger partial charge >= 0.3 is 7.60 Å². The van der Waals surface area contributed by atoms with Crippen LogP contribution in [-0.2, 0) is 9.09 Å². The van der Waals surface area contributed by atoms with Crippen molar-refractivity contribution >= 4 is 7.60 Å². The molecule has 0 amide bonds. The minimum Gasteiger partial charge on any atom is -0.323 e. The second-order valence-electron chi connectivity index (χ2n) is 5.08. The largest absolute Gasteiger partial charge is 0.344 e. The Hall–Kier alpha value is -1.45. The molecule has 0 spiro atoms. The maximum atomic E-state index is 12.2. The summed E-state index contributed by atoms with van der Waals surface area (Å²) in [7, 11) is -3.69. The van der Waals surface area contributed by atoms with E-state index in [2.05, 4.69) is 5.32 Å². The predicted octanol–water partition coefficient (Wildman–Crippen LogP) is 3.93. The Labute approximate surface area is 131 Å². The first-order valence-electron chi connectivity index (χ1n) is 7.37. The van der Waals surface area contributed by atoms with Crippen molar-refractivity contribution in [3.63, 3.8) is 0 Å². The van der Waals surface area contributed by atoms with Crippen LogP contribution in [0.4, 0.5) is 0 Å². The zero-order valence-corrected chi connectivity index (χ0v) is 13.7. The average molecular weight is 319 g/mol. The minimum absolute atomic E-state index is 0.168. The monoisotopic (exact) mass is 319 g/mol. The zero-order valence-electron chi connectivity index (χ0n) is 12.8. The molecule has 5 heteroatoms. The lowest BCUT2D eigenvalue weighted by atomic mass is 9.99. The van der Waals surface area contributed by atoms with E-state index in [4.69, 9.17) is 4.52 Å². The van der Waals surface area contributed by atoms with E-state index >= 15 is 0 Å². The van der Waals surface area contributed by atoms with E-state index in [-0.39, 0.29) is 12.6 Å². The number of rotatable bonds is 7. The Morgan fingerprint density at radius 3 is 1.91 bits per heavy atom. The molecule has 2 aromatic carbocycles. The van der Waals surface area contributed by atoms with Crippen molar-refractivity contribution in [3.05, 3.63) is 71.8 Å². The standard InChI is InChI=1S/C17H22NO3P/c1-3-21-22(19,20)14(2)18-17(15-10-6-4-7-11-15)16-12-8-5-9-13-16/h4-14,17-18H,3H2,1-2H3,(H,19,20). The zero-order chi connectivity index (χ0) is 16.0. The molecule has 0 bridgehead atoms. The van der Waals surface area contributed by atoms with Gasteiger partial charge in [0.05, 0.1) is 12.6 Å². The van der Waals surface area contributed by atoms with E-state index in [0.717, 1.165) is 11.1 Å². The van der Waals surface area contributed by atoms with Crippen LogP contribution in [0.25, 0.3) is 0 Å². The van der Waals surface area contributed by atoms with Gasteiger partial charge in [0.15, 0.2) is 0 Å². The molecule has 2 unspecified atom stereocenters. The van der Waals surface area contributed by atoms with Gasteiger partial charge in [0.1, 0.15) is 5.78 Å². The smallest absolute Gasteiger partial charge is 0.323 e.